The SMILES string of the molecule is COc1ccc(-c2nc(CS(=O)(=O)CC(=O)CCc3ccccc3Br)c(C)o2)cc1. The van der Waals surface area contributed by atoms with Crippen molar-refractivity contribution in [2.24, 2.45) is 0 Å². The number of hydrogen-bond donors (Lipinski definition) is 0. The van der Waals surface area contributed by atoms with E-state index < -0.39 is 15.6 Å². The van der Waals surface area contributed by atoms with Crippen LogP contribution in [0.5, 0.6) is 5.75 Å². The fraction of sp³-hybridized carbons (Fsp3) is 0.273. The maximum Gasteiger partial charge on any atom is 0.226 e. The van der Waals surface area contributed by atoms with Gasteiger partial charge in [0.25, 0.3) is 0 Å². The van der Waals surface area contributed by atoms with Crippen LogP contribution in [-0.2, 0) is 26.8 Å². The van der Waals surface area contributed by atoms with Crippen LogP contribution in [0, 0.1) is 6.92 Å². The second kappa shape index (κ2) is 9.57. The quantitative estimate of drug-likeness (QED) is 0.436. The smallest absolute Gasteiger partial charge is 0.226 e. The zero-order valence-electron chi connectivity index (χ0n) is 16.7. The summed E-state index contributed by atoms with van der Waals surface area (Å²) in [6.45, 7) is 1.67. The number of benzene rings is 2. The van der Waals surface area contributed by atoms with Crippen LogP contribution in [0.1, 0.15) is 23.4 Å². The first-order chi connectivity index (χ1) is 14.3. The summed E-state index contributed by atoms with van der Waals surface area (Å²) in [5, 5.41) is 0. The van der Waals surface area contributed by atoms with Gasteiger partial charge in [-0.05, 0) is 49.2 Å². The van der Waals surface area contributed by atoms with Crippen molar-refractivity contribution in [2.45, 2.75) is 25.5 Å². The number of Topliss-reactive ketones (excluding diaryl/α,β-unsaturated/α-hetero) is 1. The van der Waals surface area contributed by atoms with Crippen molar-refractivity contribution in [1.29, 1.82) is 0 Å². The van der Waals surface area contributed by atoms with Crippen LogP contribution < -0.4 is 4.74 Å². The molecule has 0 fully saturated rings. The number of ketones is 1. The van der Waals surface area contributed by atoms with E-state index in [-0.39, 0.29) is 18.0 Å². The maximum atomic E-state index is 12.5. The van der Waals surface area contributed by atoms with Crippen molar-refractivity contribution in [3.05, 3.63) is 70.0 Å². The lowest BCUT2D eigenvalue weighted by atomic mass is 10.1. The first kappa shape index (κ1) is 22.2. The van der Waals surface area contributed by atoms with E-state index in [1.54, 1.807) is 38.3 Å². The number of oxazole rings is 1. The largest absolute Gasteiger partial charge is 0.497 e. The Morgan fingerprint density at radius 2 is 1.83 bits per heavy atom. The van der Waals surface area contributed by atoms with E-state index in [9.17, 15) is 13.2 Å². The molecule has 0 aliphatic heterocycles. The minimum atomic E-state index is -3.65. The summed E-state index contributed by atoms with van der Waals surface area (Å²) in [7, 11) is -2.08. The number of carbonyl (C=O) groups excluding carboxylic acids is 1. The summed E-state index contributed by atoms with van der Waals surface area (Å²) >= 11 is 3.43. The molecule has 1 heterocycles. The van der Waals surface area contributed by atoms with Crippen molar-refractivity contribution in [1.82, 2.24) is 4.98 Å². The number of carbonyl (C=O) groups is 1. The number of hydrogen-bond acceptors (Lipinski definition) is 6. The molecule has 3 aromatic rings. The molecule has 2 aromatic carbocycles. The summed E-state index contributed by atoms with van der Waals surface area (Å²) in [4.78, 5) is 16.6. The monoisotopic (exact) mass is 491 g/mol. The number of rotatable bonds is 9. The van der Waals surface area contributed by atoms with Gasteiger partial charge in [-0.25, -0.2) is 13.4 Å². The average molecular weight is 492 g/mol. The van der Waals surface area contributed by atoms with Crippen LogP contribution in [0.15, 0.2) is 57.4 Å². The second-order valence-electron chi connectivity index (χ2n) is 6.91. The molecule has 0 aliphatic rings. The van der Waals surface area contributed by atoms with E-state index in [1.807, 2.05) is 24.3 Å². The van der Waals surface area contributed by atoms with E-state index in [1.165, 1.54) is 0 Å². The highest BCUT2D eigenvalue weighted by atomic mass is 79.9. The number of ether oxygens (including phenoxy) is 1. The molecule has 8 heteroatoms. The van der Waals surface area contributed by atoms with Crippen LogP contribution in [-0.4, -0.2) is 32.0 Å². The van der Waals surface area contributed by atoms with Gasteiger partial charge in [-0.3, -0.25) is 4.79 Å². The molecule has 0 unspecified atom stereocenters. The molecule has 0 spiro atoms. The third kappa shape index (κ3) is 5.79. The summed E-state index contributed by atoms with van der Waals surface area (Å²) in [5.41, 5.74) is 2.01. The molecule has 158 valence electrons. The molecular formula is C22H22BrNO5S. The normalized spacial score (nSPS) is 11.4. The highest BCUT2D eigenvalue weighted by Crippen LogP contribution is 2.25. The number of aromatic nitrogens is 1. The molecule has 0 radical (unpaired) electrons. The van der Waals surface area contributed by atoms with Gasteiger partial charge in [0.2, 0.25) is 5.89 Å². The number of nitrogens with zero attached hydrogens (tertiary/aromatic N) is 1. The zero-order chi connectivity index (χ0) is 21.7. The van der Waals surface area contributed by atoms with Gasteiger partial charge in [0.05, 0.1) is 18.6 Å². The average Bonchev–Trinajstić information content (AvgIpc) is 3.06. The van der Waals surface area contributed by atoms with Crippen LogP contribution in [0.25, 0.3) is 11.5 Å². The van der Waals surface area contributed by atoms with E-state index in [0.717, 1.165) is 10.0 Å². The fourth-order valence-electron chi connectivity index (χ4n) is 2.97. The zero-order valence-corrected chi connectivity index (χ0v) is 19.1. The van der Waals surface area contributed by atoms with Crippen LogP contribution in [0.2, 0.25) is 0 Å². The van der Waals surface area contributed by atoms with Crippen molar-refractivity contribution in [3.8, 4) is 17.2 Å². The molecule has 6 nitrogen and oxygen atoms in total. The Balaban J connectivity index is 1.64. The lowest BCUT2D eigenvalue weighted by Crippen LogP contribution is -2.18. The standard InChI is InChI=1S/C22H22BrNO5S/c1-15-21(24-22(29-15)17-8-11-19(28-2)12-9-17)14-30(26,27)13-18(25)10-7-16-5-3-4-6-20(16)23/h3-6,8-9,11-12H,7,10,13-14H2,1-2H3. The summed E-state index contributed by atoms with van der Waals surface area (Å²) in [6.07, 6.45) is 0.650. The Hall–Kier alpha value is -2.45. The molecule has 0 amide bonds. The van der Waals surface area contributed by atoms with Crippen LogP contribution in [0.3, 0.4) is 0 Å². The molecule has 0 saturated carbocycles. The van der Waals surface area contributed by atoms with Crippen molar-refractivity contribution in [2.75, 3.05) is 12.9 Å². The Kier molecular flexibility index (Phi) is 7.10. The Morgan fingerprint density at radius 1 is 1.13 bits per heavy atom. The molecule has 0 N–H and O–H groups in total. The molecule has 0 aliphatic carbocycles. The molecular weight excluding hydrogens is 470 g/mol. The summed E-state index contributed by atoms with van der Waals surface area (Å²) in [6, 6.07) is 14.7. The van der Waals surface area contributed by atoms with Gasteiger partial charge in [0.15, 0.2) is 9.84 Å². The topological polar surface area (TPSA) is 86.5 Å². The first-order valence-corrected chi connectivity index (χ1v) is 11.9. The lowest BCUT2D eigenvalue weighted by molar-refractivity contribution is -0.116. The van der Waals surface area contributed by atoms with E-state index in [2.05, 4.69) is 20.9 Å². The van der Waals surface area contributed by atoms with Gasteiger partial charge in [-0.1, -0.05) is 34.1 Å². The Labute approximate surface area is 184 Å². The predicted molar refractivity (Wildman–Crippen MR) is 118 cm³/mol. The Morgan fingerprint density at radius 3 is 2.50 bits per heavy atom. The van der Waals surface area contributed by atoms with Gasteiger partial charge in [-0.2, -0.15) is 0 Å². The highest BCUT2D eigenvalue weighted by Gasteiger charge is 2.22. The minimum absolute atomic E-state index is 0.163. The number of halogens is 1. The third-order valence-electron chi connectivity index (χ3n) is 4.60. The number of methoxy groups -OCH3 is 1. The molecule has 1 aromatic heterocycles. The van der Waals surface area contributed by atoms with Gasteiger partial charge in [-0.15, -0.1) is 0 Å². The summed E-state index contributed by atoms with van der Waals surface area (Å²) in [5.74, 6) is 0.291. The number of aryl methyl sites for hydroxylation is 2. The van der Waals surface area contributed by atoms with E-state index in [4.69, 9.17) is 9.15 Å². The van der Waals surface area contributed by atoms with Crippen molar-refractivity contribution in [3.63, 3.8) is 0 Å². The molecule has 3 rings (SSSR count). The minimum Gasteiger partial charge on any atom is -0.497 e. The molecule has 0 saturated heterocycles. The number of sulfone groups is 1. The van der Waals surface area contributed by atoms with Crippen LogP contribution in [0.4, 0.5) is 0 Å². The van der Waals surface area contributed by atoms with Gasteiger partial charge >= 0.3 is 0 Å². The Bertz CT molecular complexity index is 1140. The van der Waals surface area contributed by atoms with Crippen molar-refractivity contribution >= 4 is 31.6 Å². The highest BCUT2D eigenvalue weighted by molar-refractivity contribution is 9.10. The van der Waals surface area contributed by atoms with Crippen molar-refractivity contribution < 1.29 is 22.4 Å². The van der Waals surface area contributed by atoms with Gasteiger partial charge in [0.1, 0.15) is 23.0 Å². The second-order valence-corrected chi connectivity index (χ2v) is 9.83. The van der Waals surface area contributed by atoms with Gasteiger partial charge < -0.3 is 9.15 Å². The fourth-order valence-corrected chi connectivity index (χ4v) is 4.88. The molecule has 0 atom stereocenters. The van der Waals surface area contributed by atoms with Crippen LogP contribution >= 0.6 is 15.9 Å². The predicted octanol–water partition coefficient (Wildman–Crippen LogP) is 4.54. The maximum absolute atomic E-state index is 12.5. The first-order valence-electron chi connectivity index (χ1n) is 9.33. The molecule has 0 bridgehead atoms. The van der Waals surface area contributed by atoms with E-state index in [0.29, 0.717) is 35.1 Å². The van der Waals surface area contributed by atoms with Gasteiger partial charge in [0, 0.05) is 16.5 Å². The summed E-state index contributed by atoms with van der Waals surface area (Å²) < 4.78 is 36.8. The molecule has 30 heavy (non-hydrogen) atoms. The lowest BCUT2D eigenvalue weighted by Gasteiger charge is -2.05. The third-order valence-corrected chi connectivity index (χ3v) is 6.85. The van der Waals surface area contributed by atoms with E-state index >= 15 is 0 Å².